The number of rotatable bonds is 2. The molecule has 0 aliphatic carbocycles. The van der Waals surface area contributed by atoms with Crippen molar-refractivity contribution in [1.82, 2.24) is 9.97 Å². The molecule has 1 fully saturated rings. The highest BCUT2D eigenvalue weighted by molar-refractivity contribution is 7.80. The molecule has 1 aliphatic rings. The summed E-state index contributed by atoms with van der Waals surface area (Å²) >= 11 is 4.81. The van der Waals surface area contributed by atoms with Gasteiger partial charge in [-0.2, -0.15) is 0 Å². The Morgan fingerprint density at radius 2 is 2.06 bits per heavy atom. The summed E-state index contributed by atoms with van der Waals surface area (Å²) in [6.07, 6.45) is 4.63. The van der Waals surface area contributed by atoms with Crippen molar-refractivity contribution in [3.8, 4) is 0 Å². The van der Waals surface area contributed by atoms with Crippen molar-refractivity contribution in [3.05, 3.63) is 18.1 Å². The number of anilines is 1. The molecule has 0 aromatic carbocycles. The van der Waals surface area contributed by atoms with Crippen LogP contribution in [0.25, 0.3) is 0 Å². The second-order valence-electron chi connectivity index (χ2n) is 3.84. The second-order valence-corrected chi connectivity index (χ2v) is 4.28. The standard InChI is InChI=1S/C10H14N4OS/c11-10(16)8-5-13-9(6-12-8)14-3-1-7(15)2-4-14/h5-7,15H,1-4H2,(H2,11,16). The number of aliphatic hydroxyl groups excluding tert-OH is 1. The molecule has 1 saturated heterocycles. The Balaban J connectivity index is 2.07. The summed E-state index contributed by atoms with van der Waals surface area (Å²) in [6, 6.07) is 0. The highest BCUT2D eigenvalue weighted by atomic mass is 32.1. The van der Waals surface area contributed by atoms with Crippen LogP contribution in [-0.2, 0) is 0 Å². The van der Waals surface area contributed by atoms with E-state index in [4.69, 9.17) is 18.0 Å². The minimum Gasteiger partial charge on any atom is -0.393 e. The van der Waals surface area contributed by atoms with Crippen molar-refractivity contribution >= 4 is 23.0 Å². The quantitative estimate of drug-likeness (QED) is 0.710. The zero-order valence-corrected chi connectivity index (χ0v) is 9.65. The van der Waals surface area contributed by atoms with Gasteiger partial charge in [0, 0.05) is 13.1 Å². The average molecular weight is 238 g/mol. The lowest BCUT2D eigenvalue weighted by Crippen LogP contribution is -2.36. The molecule has 1 aromatic heterocycles. The first-order valence-corrected chi connectivity index (χ1v) is 5.62. The van der Waals surface area contributed by atoms with Crippen molar-refractivity contribution in [3.63, 3.8) is 0 Å². The molecule has 2 heterocycles. The Labute approximate surface area is 99.3 Å². The van der Waals surface area contributed by atoms with Crippen LogP contribution in [0.3, 0.4) is 0 Å². The number of aromatic nitrogens is 2. The number of thiocarbonyl (C=S) groups is 1. The number of piperidine rings is 1. The van der Waals surface area contributed by atoms with E-state index in [1.165, 1.54) is 0 Å². The number of aliphatic hydroxyl groups is 1. The minimum atomic E-state index is -0.180. The van der Waals surface area contributed by atoms with E-state index in [0.717, 1.165) is 31.7 Å². The molecule has 0 bridgehead atoms. The summed E-state index contributed by atoms with van der Waals surface area (Å²) in [5, 5.41) is 9.39. The normalized spacial score (nSPS) is 17.4. The predicted molar refractivity (Wildman–Crippen MR) is 65.4 cm³/mol. The third-order valence-electron chi connectivity index (χ3n) is 2.68. The van der Waals surface area contributed by atoms with Gasteiger partial charge in [-0.05, 0) is 12.8 Å². The van der Waals surface area contributed by atoms with Gasteiger partial charge in [0.15, 0.2) is 0 Å². The Hall–Kier alpha value is -1.27. The summed E-state index contributed by atoms with van der Waals surface area (Å²) in [5.74, 6) is 0.812. The maximum atomic E-state index is 9.39. The van der Waals surface area contributed by atoms with Crippen molar-refractivity contribution < 1.29 is 5.11 Å². The summed E-state index contributed by atoms with van der Waals surface area (Å²) < 4.78 is 0. The Bertz CT molecular complexity index is 373. The number of hydrogen-bond donors (Lipinski definition) is 2. The molecule has 0 spiro atoms. The van der Waals surface area contributed by atoms with Crippen LogP contribution in [0, 0.1) is 0 Å². The first kappa shape index (κ1) is 11.2. The molecule has 0 atom stereocenters. The van der Waals surface area contributed by atoms with Crippen molar-refractivity contribution in [2.45, 2.75) is 18.9 Å². The summed E-state index contributed by atoms with van der Waals surface area (Å²) in [5.41, 5.74) is 5.98. The minimum absolute atomic E-state index is 0.180. The van der Waals surface area contributed by atoms with Crippen LogP contribution in [0.15, 0.2) is 12.4 Å². The monoisotopic (exact) mass is 238 g/mol. The molecular weight excluding hydrogens is 224 g/mol. The third-order valence-corrected chi connectivity index (χ3v) is 2.89. The van der Waals surface area contributed by atoms with E-state index >= 15 is 0 Å². The zero-order chi connectivity index (χ0) is 11.5. The van der Waals surface area contributed by atoms with Crippen LogP contribution in [0.4, 0.5) is 5.82 Å². The number of nitrogens with two attached hydrogens (primary N) is 1. The Kier molecular flexibility index (Phi) is 3.31. The van der Waals surface area contributed by atoms with Crippen LogP contribution in [-0.4, -0.2) is 39.3 Å². The highest BCUT2D eigenvalue weighted by Gasteiger charge is 2.18. The molecule has 2 rings (SSSR count). The molecule has 86 valence electrons. The largest absolute Gasteiger partial charge is 0.393 e. The van der Waals surface area contributed by atoms with Gasteiger partial charge in [-0.3, -0.25) is 0 Å². The fourth-order valence-electron chi connectivity index (χ4n) is 1.71. The van der Waals surface area contributed by atoms with Gasteiger partial charge < -0.3 is 15.7 Å². The molecule has 3 N–H and O–H groups in total. The van der Waals surface area contributed by atoms with E-state index in [-0.39, 0.29) is 11.1 Å². The van der Waals surface area contributed by atoms with Crippen LogP contribution in [0.1, 0.15) is 18.5 Å². The van der Waals surface area contributed by atoms with Crippen molar-refractivity contribution in [1.29, 1.82) is 0 Å². The van der Waals surface area contributed by atoms with Gasteiger partial charge in [0.05, 0.1) is 18.5 Å². The van der Waals surface area contributed by atoms with Gasteiger partial charge in [0.25, 0.3) is 0 Å². The summed E-state index contributed by atoms with van der Waals surface area (Å²) in [7, 11) is 0. The maximum Gasteiger partial charge on any atom is 0.147 e. The molecule has 0 unspecified atom stereocenters. The van der Waals surface area contributed by atoms with Gasteiger partial charge >= 0.3 is 0 Å². The Morgan fingerprint density at radius 1 is 1.38 bits per heavy atom. The SMILES string of the molecule is NC(=S)c1cnc(N2CCC(O)CC2)cn1. The van der Waals surface area contributed by atoms with E-state index in [2.05, 4.69) is 14.9 Å². The van der Waals surface area contributed by atoms with Gasteiger partial charge in [0.2, 0.25) is 0 Å². The van der Waals surface area contributed by atoms with Crippen molar-refractivity contribution in [2.75, 3.05) is 18.0 Å². The van der Waals surface area contributed by atoms with E-state index in [0.29, 0.717) is 5.69 Å². The Morgan fingerprint density at radius 3 is 2.56 bits per heavy atom. The molecule has 1 aromatic rings. The average Bonchev–Trinajstić information content (AvgIpc) is 2.30. The molecule has 6 heteroatoms. The molecule has 5 nitrogen and oxygen atoms in total. The van der Waals surface area contributed by atoms with Gasteiger partial charge in [0.1, 0.15) is 16.5 Å². The first-order chi connectivity index (χ1) is 7.66. The molecular formula is C10H14N4OS. The zero-order valence-electron chi connectivity index (χ0n) is 8.83. The van der Waals surface area contributed by atoms with Crippen LogP contribution >= 0.6 is 12.2 Å². The number of nitrogens with zero attached hydrogens (tertiary/aromatic N) is 3. The van der Waals surface area contributed by atoms with Crippen LogP contribution in [0.5, 0.6) is 0 Å². The third kappa shape index (κ3) is 2.45. The van der Waals surface area contributed by atoms with E-state index < -0.39 is 0 Å². The van der Waals surface area contributed by atoms with E-state index in [9.17, 15) is 5.11 Å². The van der Waals surface area contributed by atoms with Crippen LogP contribution in [0.2, 0.25) is 0 Å². The highest BCUT2D eigenvalue weighted by Crippen LogP contribution is 2.16. The van der Waals surface area contributed by atoms with Crippen molar-refractivity contribution in [2.24, 2.45) is 5.73 Å². The van der Waals surface area contributed by atoms with Gasteiger partial charge in [-0.25, -0.2) is 9.97 Å². The molecule has 0 saturated carbocycles. The van der Waals surface area contributed by atoms with Crippen LogP contribution < -0.4 is 10.6 Å². The summed E-state index contributed by atoms with van der Waals surface area (Å²) in [6.45, 7) is 1.62. The smallest absolute Gasteiger partial charge is 0.147 e. The molecule has 0 amide bonds. The second kappa shape index (κ2) is 4.71. The predicted octanol–water partition coefficient (Wildman–Crippen LogP) is 0.0719. The molecule has 1 aliphatic heterocycles. The maximum absolute atomic E-state index is 9.39. The van der Waals surface area contributed by atoms with E-state index in [1.54, 1.807) is 12.4 Å². The molecule has 16 heavy (non-hydrogen) atoms. The lowest BCUT2D eigenvalue weighted by atomic mass is 10.1. The fraction of sp³-hybridized carbons (Fsp3) is 0.500. The van der Waals surface area contributed by atoms with Gasteiger partial charge in [-0.1, -0.05) is 12.2 Å². The number of hydrogen-bond acceptors (Lipinski definition) is 5. The molecule has 0 radical (unpaired) electrons. The van der Waals surface area contributed by atoms with Gasteiger partial charge in [-0.15, -0.1) is 0 Å². The lowest BCUT2D eigenvalue weighted by molar-refractivity contribution is 0.145. The summed E-state index contributed by atoms with van der Waals surface area (Å²) in [4.78, 5) is 10.8. The van der Waals surface area contributed by atoms with E-state index in [1.807, 2.05) is 0 Å². The first-order valence-electron chi connectivity index (χ1n) is 5.21. The topological polar surface area (TPSA) is 75.3 Å². The lowest BCUT2D eigenvalue weighted by Gasteiger charge is -2.30. The fourth-order valence-corrected chi connectivity index (χ4v) is 1.81.